The van der Waals surface area contributed by atoms with Crippen molar-refractivity contribution in [3.05, 3.63) is 0 Å². The van der Waals surface area contributed by atoms with Crippen LogP contribution >= 0.6 is 0 Å². The first-order chi connectivity index (χ1) is 6.36. The van der Waals surface area contributed by atoms with Crippen LogP contribution in [-0.2, 0) is 0 Å². The summed E-state index contributed by atoms with van der Waals surface area (Å²) in [4.78, 5) is 6.60. The second-order valence-corrected chi connectivity index (χ2v) is 3.93. The lowest BCUT2D eigenvalue weighted by Gasteiger charge is -2.21. The molecule has 13 heavy (non-hydrogen) atoms. The molecule has 0 N–H and O–H groups in total. The molecule has 0 bridgehead atoms. The van der Waals surface area contributed by atoms with E-state index in [9.17, 15) is 0 Å². The molecule has 0 aliphatic carbocycles. The normalized spacial score (nSPS) is 18.2. The summed E-state index contributed by atoms with van der Waals surface area (Å²) in [6.07, 6.45) is 7.42. The van der Waals surface area contributed by atoms with Crippen molar-refractivity contribution < 1.29 is 0 Å². The molecule has 0 saturated heterocycles. The lowest BCUT2D eigenvalue weighted by atomic mass is 9.99. The van der Waals surface area contributed by atoms with Crippen LogP contribution in [0.4, 0.5) is 0 Å². The largest absolute Gasteiger partial charge is 0.361 e. The van der Waals surface area contributed by atoms with Crippen molar-refractivity contribution in [2.75, 3.05) is 19.6 Å². The Morgan fingerprint density at radius 2 is 2.31 bits per heavy atom. The molecule has 0 aromatic heterocycles. The molecular weight excluding hydrogens is 160 g/mol. The summed E-state index contributed by atoms with van der Waals surface area (Å²) in [5.41, 5.74) is 0. The Hall–Kier alpha value is -0.530. The van der Waals surface area contributed by atoms with Crippen molar-refractivity contribution in [2.45, 2.75) is 39.5 Å². The summed E-state index contributed by atoms with van der Waals surface area (Å²) in [6.45, 7) is 7.93. The van der Waals surface area contributed by atoms with E-state index in [0.717, 1.165) is 19.0 Å². The van der Waals surface area contributed by atoms with Gasteiger partial charge in [-0.05, 0) is 12.3 Å². The van der Waals surface area contributed by atoms with E-state index < -0.39 is 0 Å². The van der Waals surface area contributed by atoms with Gasteiger partial charge in [-0.25, -0.2) is 0 Å². The fourth-order valence-electron chi connectivity index (χ4n) is 1.80. The Morgan fingerprint density at radius 1 is 1.46 bits per heavy atom. The van der Waals surface area contributed by atoms with Gasteiger partial charge in [0.2, 0.25) is 0 Å². The van der Waals surface area contributed by atoms with E-state index in [0.29, 0.717) is 0 Å². The molecular formula is C11H22N2. The van der Waals surface area contributed by atoms with E-state index in [1.165, 1.54) is 32.2 Å². The molecule has 1 aliphatic heterocycles. The molecule has 0 fully saturated rings. The molecule has 1 aliphatic rings. The molecule has 1 atom stereocenters. The molecule has 0 aromatic carbocycles. The second-order valence-electron chi connectivity index (χ2n) is 3.93. The van der Waals surface area contributed by atoms with E-state index >= 15 is 0 Å². The molecule has 2 heteroatoms. The number of nitrogens with zero attached hydrogens (tertiary/aromatic N) is 2. The Balaban J connectivity index is 2.18. The average Bonchev–Trinajstić information content (AvgIpc) is 2.64. The molecule has 0 spiro atoms. The van der Waals surface area contributed by atoms with Crippen LogP contribution in [-0.4, -0.2) is 30.9 Å². The van der Waals surface area contributed by atoms with E-state index in [2.05, 4.69) is 23.7 Å². The molecule has 0 radical (unpaired) electrons. The van der Waals surface area contributed by atoms with Gasteiger partial charge in [-0.1, -0.05) is 33.1 Å². The van der Waals surface area contributed by atoms with Gasteiger partial charge in [0.1, 0.15) is 0 Å². The van der Waals surface area contributed by atoms with Gasteiger partial charge in [0, 0.05) is 13.1 Å². The summed E-state index contributed by atoms with van der Waals surface area (Å²) in [6, 6.07) is 0. The summed E-state index contributed by atoms with van der Waals surface area (Å²) < 4.78 is 0. The van der Waals surface area contributed by atoms with Gasteiger partial charge in [-0.15, -0.1) is 0 Å². The number of hydrogen-bond donors (Lipinski definition) is 0. The third-order valence-corrected chi connectivity index (χ3v) is 2.80. The third kappa shape index (κ3) is 3.79. The van der Waals surface area contributed by atoms with Crippen LogP contribution < -0.4 is 0 Å². The Labute approximate surface area is 82.0 Å². The van der Waals surface area contributed by atoms with Gasteiger partial charge in [-0.2, -0.15) is 0 Å². The minimum Gasteiger partial charge on any atom is -0.361 e. The summed E-state index contributed by atoms with van der Waals surface area (Å²) in [7, 11) is 0. The van der Waals surface area contributed by atoms with Gasteiger partial charge in [0.05, 0.1) is 12.9 Å². The lowest BCUT2D eigenvalue weighted by Crippen LogP contribution is -2.26. The van der Waals surface area contributed by atoms with Crippen molar-refractivity contribution in [3.63, 3.8) is 0 Å². The topological polar surface area (TPSA) is 15.6 Å². The first kappa shape index (κ1) is 10.6. The van der Waals surface area contributed by atoms with Crippen LogP contribution in [0.1, 0.15) is 39.5 Å². The predicted octanol–water partition coefficient (Wildman–Crippen LogP) is 2.55. The second kappa shape index (κ2) is 6.01. The first-order valence-electron chi connectivity index (χ1n) is 5.60. The van der Waals surface area contributed by atoms with Crippen LogP contribution in [0.5, 0.6) is 0 Å². The van der Waals surface area contributed by atoms with Crippen LogP contribution in [0.25, 0.3) is 0 Å². The zero-order valence-electron chi connectivity index (χ0n) is 9.00. The minimum atomic E-state index is 0.879. The zero-order valence-corrected chi connectivity index (χ0v) is 9.00. The molecule has 0 aromatic rings. The number of rotatable bonds is 6. The van der Waals surface area contributed by atoms with E-state index in [1.54, 1.807) is 0 Å². The maximum Gasteiger partial charge on any atom is 0.0851 e. The van der Waals surface area contributed by atoms with Crippen molar-refractivity contribution in [1.82, 2.24) is 4.90 Å². The van der Waals surface area contributed by atoms with Crippen LogP contribution in [0.3, 0.4) is 0 Å². The summed E-state index contributed by atoms with van der Waals surface area (Å²) in [5.74, 6) is 0.879. The van der Waals surface area contributed by atoms with E-state index in [-0.39, 0.29) is 0 Å². The third-order valence-electron chi connectivity index (χ3n) is 2.80. The van der Waals surface area contributed by atoms with Crippen LogP contribution in [0.15, 0.2) is 4.99 Å². The van der Waals surface area contributed by atoms with Crippen molar-refractivity contribution in [2.24, 2.45) is 10.9 Å². The smallest absolute Gasteiger partial charge is 0.0851 e. The van der Waals surface area contributed by atoms with Gasteiger partial charge in [-0.3, -0.25) is 4.99 Å². The minimum absolute atomic E-state index is 0.879. The highest BCUT2D eigenvalue weighted by atomic mass is 15.2. The highest BCUT2D eigenvalue weighted by molar-refractivity contribution is 5.56. The first-order valence-corrected chi connectivity index (χ1v) is 5.60. The Bertz CT molecular complexity index is 154. The molecule has 0 saturated carbocycles. The highest BCUT2D eigenvalue weighted by Gasteiger charge is 2.11. The van der Waals surface area contributed by atoms with Crippen molar-refractivity contribution in [3.8, 4) is 0 Å². The Morgan fingerprint density at radius 3 is 2.85 bits per heavy atom. The van der Waals surface area contributed by atoms with Crippen molar-refractivity contribution >= 4 is 6.34 Å². The van der Waals surface area contributed by atoms with Gasteiger partial charge in [0.25, 0.3) is 0 Å². The van der Waals surface area contributed by atoms with Crippen LogP contribution in [0, 0.1) is 5.92 Å². The van der Waals surface area contributed by atoms with Gasteiger partial charge in [0.15, 0.2) is 0 Å². The molecule has 0 amide bonds. The number of aliphatic imine (C=N–C) groups is 1. The predicted molar refractivity (Wildman–Crippen MR) is 58.2 cm³/mol. The van der Waals surface area contributed by atoms with E-state index in [1.807, 2.05) is 6.34 Å². The van der Waals surface area contributed by atoms with Gasteiger partial charge >= 0.3 is 0 Å². The van der Waals surface area contributed by atoms with Crippen molar-refractivity contribution in [1.29, 1.82) is 0 Å². The summed E-state index contributed by atoms with van der Waals surface area (Å²) >= 11 is 0. The quantitative estimate of drug-likeness (QED) is 0.616. The fourth-order valence-corrected chi connectivity index (χ4v) is 1.80. The highest BCUT2D eigenvalue weighted by Crippen LogP contribution is 2.14. The fraction of sp³-hybridized carbons (Fsp3) is 0.909. The molecule has 1 unspecified atom stereocenters. The molecule has 2 nitrogen and oxygen atoms in total. The average molecular weight is 182 g/mol. The molecule has 76 valence electrons. The number of unbranched alkanes of at least 4 members (excludes halogenated alkanes) is 1. The molecule has 1 rings (SSSR count). The van der Waals surface area contributed by atoms with Gasteiger partial charge < -0.3 is 4.90 Å². The maximum absolute atomic E-state index is 4.23. The zero-order chi connectivity index (χ0) is 9.52. The SMILES string of the molecule is CCCCC(CC)CN1C=NCC1. The van der Waals surface area contributed by atoms with E-state index in [4.69, 9.17) is 0 Å². The summed E-state index contributed by atoms with van der Waals surface area (Å²) in [5, 5.41) is 0. The maximum atomic E-state index is 4.23. The Kier molecular flexibility index (Phi) is 4.87. The number of hydrogen-bond acceptors (Lipinski definition) is 2. The molecule has 1 heterocycles. The lowest BCUT2D eigenvalue weighted by molar-refractivity contribution is 0.334. The standard InChI is InChI=1S/C11H22N2/c1-3-5-6-11(4-2)9-13-8-7-12-10-13/h10-11H,3-9H2,1-2H3. The monoisotopic (exact) mass is 182 g/mol. The van der Waals surface area contributed by atoms with Crippen LogP contribution in [0.2, 0.25) is 0 Å².